The van der Waals surface area contributed by atoms with Crippen molar-refractivity contribution in [3.8, 4) is 0 Å². The van der Waals surface area contributed by atoms with Crippen LogP contribution in [0.1, 0.15) is 37.6 Å². The number of carbonyl (C=O) groups is 1. The lowest BCUT2D eigenvalue weighted by molar-refractivity contribution is 0.145. The van der Waals surface area contributed by atoms with E-state index in [2.05, 4.69) is 10.3 Å². The lowest BCUT2D eigenvalue weighted by Crippen LogP contribution is -2.41. The van der Waals surface area contributed by atoms with Crippen LogP contribution in [0.15, 0.2) is 35.6 Å². The Morgan fingerprint density at radius 2 is 2.06 bits per heavy atom. The normalized spacial score (nSPS) is 11.7. The highest BCUT2D eigenvalue weighted by Crippen LogP contribution is 2.21. The molecule has 0 atom stereocenters. The molecule has 1 N–H and O–H groups in total. The lowest BCUT2D eigenvalue weighted by Gasteiger charge is -2.24. The van der Waals surface area contributed by atoms with E-state index >= 15 is 0 Å². The van der Waals surface area contributed by atoms with Gasteiger partial charge in [-0.15, -0.1) is 0 Å². The maximum Gasteiger partial charge on any atom is 0.317 e. The summed E-state index contributed by atoms with van der Waals surface area (Å²) in [5, 5.41) is 2.84. The van der Waals surface area contributed by atoms with Gasteiger partial charge in [0.25, 0.3) is 0 Å². The summed E-state index contributed by atoms with van der Waals surface area (Å²) in [6, 6.07) is 7.25. The van der Waals surface area contributed by atoms with Crippen molar-refractivity contribution in [3.05, 3.63) is 47.3 Å². The van der Waals surface area contributed by atoms with Crippen LogP contribution in [-0.4, -0.2) is 55.7 Å². The van der Waals surface area contributed by atoms with Crippen LogP contribution >= 0.6 is 0 Å². The first-order valence-electron chi connectivity index (χ1n) is 10.5. The van der Waals surface area contributed by atoms with Crippen molar-refractivity contribution in [2.45, 2.75) is 51.7 Å². The Morgan fingerprint density at radius 1 is 1.32 bits per heavy atom. The van der Waals surface area contributed by atoms with E-state index in [0.29, 0.717) is 31.9 Å². The molecule has 0 fully saturated rings. The number of sulfone groups is 1. The summed E-state index contributed by atoms with van der Waals surface area (Å²) >= 11 is 0. The Morgan fingerprint density at radius 3 is 2.68 bits per heavy atom. The highest BCUT2D eigenvalue weighted by molar-refractivity contribution is 7.90. The molecule has 0 bridgehead atoms. The molecule has 8 nitrogen and oxygen atoms in total. The summed E-state index contributed by atoms with van der Waals surface area (Å²) in [5.41, 5.74) is 2.41. The largest absolute Gasteiger partial charge is 0.383 e. The van der Waals surface area contributed by atoms with Crippen molar-refractivity contribution < 1.29 is 17.9 Å². The number of urea groups is 1. The standard InChI is InChI=1S/C22H34N4O4S/c1-6-23-21(27)25(10-11-30-5)15-20-13-24-22(26(20)14-17(2)3)31(28,29)16-19-9-7-8-18(4)12-19/h7-9,12-13,17H,6,10-11,14-16H2,1-5H3,(H,23,27). The molecule has 2 aromatic rings. The van der Waals surface area contributed by atoms with Crippen LogP contribution < -0.4 is 5.32 Å². The van der Waals surface area contributed by atoms with Gasteiger partial charge in [-0.2, -0.15) is 0 Å². The van der Waals surface area contributed by atoms with E-state index < -0.39 is 9.84 Å². The third-order valence-corrected chi connectivity index (χ3v) is 6.30. The van der Waals surface area contributed by atoms with E-state index in [1.54, 1.807) is 22.8 Å². The van der Waals surface area contributed by atoms with Gasteiger partial charge in [0.1, 0.15) is 0 Å². The molecule has 1 aromatic heterocycles. The number of hydrogen-bond donors (Lipinski definition) is 1. The number of benzene rings is 1. The molecule has 9 heteroatoms. The monoisotopic (exact) mass is 450 g/mol. The van der Waals surface area contributed by atoms with Gasteiger partial charge >= 0.3 is 6.03 Å². The average molecular weight is 451 g/mol. The van der Waals surface area contributed by atoms with Crippen molar-refractivity contribution in [1.82, 2.24) is 19.8 Å². The SMILES string of the molecule is CCNC(=O)N(CCOC)Cc1cnc(S(=O)(=O)Cc2cccc(C)c2)n1CC(C)C. The molecule has 0 aliphatic carbocycles. The maximum absolute atomic E-state index is 13.2. The molecule has 0 spiro atoms. The first-order valence-corrected chi connectivity index (χ1v) is 12.2. The summed E-state index contributed by atoms with van der Waals surface area (Å²) in [6.07, 6.45) is 1.56. The first-order chi connectivity index (χ1) is 14.7. The van der Waals surface area contributed by atoms with Gasteiger partial charge in [-0.05, 0) is 25.3 Å². The Balaban J connectivity index is 2.38. The number of amides is 2. The zero-order chi connectivity index (χ0) is 23.0. The Kier molecular flexibility index (Phi) is 9.06. The van der Waals surface area contributed by atoms with Gasteiger partial charge in [-0.3, -0.25) is 0 Å². The van der Waals surface area contributed by atoms with Gasteiger partial charge in [0, 0.05) is 26.7 Å². The molecule has 2 amide bonds. The minimum absolute atomic E-state index is 0.0419. The lowest BCUT2D eigenvalue weighted by atomic mass is 10.2. The zero-order valence-electron chi connectivity index (χ0n) is 19.1. The van der Waals surface area contributed by atoms with Crippen LogP contribution in [0, 0.1) is 12.8 Å². The second-order valence-electron chi connectivity index (χ2n) is 8.03. The maximum atomic E-state index is 13.2. The van der Waals surface area contributed by atoms with E-state index in [1.807, 2.05) is 52.0 Å². The summed E-state index contributed by atoms with van der Waals surface area (Å²) in [5.74, 6) is 0.0881. The highest BCUT2D eigenvalue weighted by Gasteiger charge is 2.26. The van der Waals surface area contributed by atoms with Crippen molar-refractivity contribution in [3.63, 3.8) is 0 Å². The molecule has 0 aliphatic heterocycles. The quantitative estimate of drug-likeness (QED) is 0.568. The molecule has 1 aromatic carbocycles. The number of methoxy groups -OCH3 is 1. The van der Waals surface area contributed by atoms with Crippen LogP contribution in [0.25, 0.3) is 0 Å². The van der Waals surface area contributed by atoms with E-state index in [4.69, 9.17) is 4.74 Å². The molecule has 0 radical (unpaired) electrons. The number of nitrogens with zero attached hydrogens (tertiary/aromatic N) is 3. The molecule has 2 rings (SSSR count). The fraction of sp³-hybridized carbons (Fsp3) is 0.545. The minimum Gasteiger partial charge on any atom is -0.383 e. The molecule has 0 aliphatic rings. The van der Waals surface area contributed by atoms with Crippen molar-refractivity contribution in [1.29, 1.82) is 0 Å². The molecule has 0 saturated heterocycles. The summed E-state index contributed by atoms with van der Waals surface area (Å²) in [4.78, 5) is 18.4. The van der Waals surface area contributed by atoms with Crippen LogP contribution in [-0.2, 0) is 33.4 Å². The number of hydrogen-bond acceptors (Lipinski definition) is 5. The first kappa shape index (κ1) is 24.9. The summed E-state index contributed by atoms with van der Waals surface area (Å²) in [7, 11) is -2.08. The van der Waals surface area contributed by atoms with E-state index in [1.165, 1.54) is 0 Å². The van der Waals surface area contributed by atoms with Crippen molar-refractivity contribution >= 4 is 15.9 Å². The number of carbonyl (C=O) groups excluding carboxylic acids is 1. The predicted octanol–water partition coefficient (Wildman–Crippen LogP) is 3.00. The third-order valence-electron chi connectivity index (χ3n) is 4.70. The number of imidazole rings is 1. The van der Waals surface area contributed by atoms with E-state index in [9.17, 15) is 13.2 Å². The Bertz CT molecular complexity index is 970. The second kappa shape index (κ2) is 11.3. The molecule has 0 saturated carbocycles. The molecular formula is C22H34N4O4S. The summed E-state index contributed by atoms with van der Waals surface area (Å²) in [6.45, 7) is 9.84. The topological polar surface area (TPSA) is 93.5 Å². The number of rotatable bonds is 11. The molecule has 1 heterocycles. The highest BCUT2D eigenvalue weighted by atomic mass is 32.2. The smallest absolute Gasteiger partial charge is 0.317 e. The van der Waals surface area contributed by atoms with Crippen LogP contribution in [0.2, 0.25) is 0 Å². The van der Waals surface area contributed by atoms with E-state index in [0.717, 1.165) is 11.1 Å². The second-order valence-corrected chi connectivity index (χ2v) is 9.92. The Labute approximate surface area is 185 Å². The minimum atomic E-state index is -3.66. The van der Waals surface area contributed by atoms with Gasteiger partial charge in [-0.25, -0.2) is 18.2 Å². The predicted molar refractivity (Wildman–Crippen MR) is 120 cm³/mol. The number of aryl methyl sites for hydroxylation is 1. The number of nitrogens with one attached hydrogen (secondary N) is 1. The van der Waals surface area contributed by atoms with Crippen molar-refractivity contribution in [2.24, 2.45) is 5.92 Å². The summed E-state index contributed by atoms with van der Waals surface area (Å²) < 4.78 is 33.3. The fourth-order valence-corrected chi connectivity index (χ4v) is 4.81. The number of aromatic nitrogens is 2. The van der Waals surface area contributed by atoms with Gasteiger partial charge in [0.05, 0.1) is 30.8 Å². The van der Waals surface area contributed by atoms with Gasteiger partial charge in [0.2, 0.25) is 15.0 Å². The fourth-order valence-electron chi connectivity index (χ4n) is 3.33. The van der Waals surface area contributed by atoms with Gasteiger partial charge < -0.3 is 19.5 Å². The molecular weight excluding hydrogens is 416 g/mol. The number of ether oxygens (including phenoxy) is 1. The molecule has 31 heavy (non-hydrogen) atoms. The van der Waals surface area contributed by atoms with Crippen LogP contribution in [0.3, 0.4) is 0 Å². The zero-order valence-corrected chi connectivity index (χ0v) is 19.9. The van der Waals surface area contributed by atoms with Gasteiger partial charge in [-0.1, -0.05) is 43.7 Å². The molecule has 0 unspecified atom stereocenters. The van der Waals surface area contributed by atoms with Gasteiger partial charge in [0.15, 0.2) is 0 Å². The third kappa shape index (κ3) is 7.07. The van der Waals surface area contributed by atoms with Crippen molar-refractivity contribution in [2.75, 3.05) is 26.8 Å². The average Bonchev–Trinajstić information content (AvgIpc) is 3.07. The van der Waals surface area contributed by atoms with Crippen LogP contribution in [0.4, 0.5) is 4.79 Å². The Hall–Kier alpha value is -2.39. The molecule has 172 valence electrons. The van der Waals surface area contributed by atoms with E-state index in [-0.39, 0.29) is 29.4 Å². The van der Waals surface area contributed by atoms with Crippen LogP contribution in [0.5, 0.6) is 0 Å².